The molecule has 0 amide bonds. The smallest absolute Gasteiger partial charge is 0.213 e. The van der Waals surface area contributed by atoms with Crippen molar-refractivity contribution >= 4 is 21.4 Å². The summed E-state index contributed by atoms with van der Waals surface area (Å²) in [5.41, 5.74) is 7.48. The Hall–Kier alpha value is -1.27. The molecule has 0 aliphatic carbocycles. The van der Waals surface area contributed by atoms with Crippen LogP contribution in [0, 0.1) is 0 Å². The first-order chi connectivity index (χ1) is 8.53. The maximum absolute atomic E-state index is 11.7. The second-order valence-corrected chi connectivity index (χ2v) is 6.64. The van der Waals surface area contributed by atoms with Crippen LogP contribution in [0.25, 0.3) is 0 Å². The number of nitrogen functional groups attached to an aromatic ring is 1. The second-order valence-electron chi connectivity index (χ2n) is 4.38. The van der Waals surface area contributed by atoms with Crippen LogP contribution in [0.2, 0.25) is 0 Å². The molecule has 0 bridgehead atoms. The van der Waals surface area contributed by atoms with Gasteiger partial charge >= 0.3 is 0 Å². The molecule has 5 nitrogen and oxygen atoms in total. The molecule has 1 saturated heterocycles. The Kier molecular flexibility index (Phi) is 3.77. The normalized spacial score (nSPS) is 17.9. The van der Waals surface area contributed by atoms with Crippen molar-refractivity contribution < 1.29 is 8.42 Å². The van der Waals surface area contributed by atoms with E-state index in [-0.39, 0.29) is 5.75 Å². The van der Waals surface area contributed by atoms with Crippen LogP contribution >= 0.6 is 0 Å². The van der Waals surface area contributed by atoms with Crippen LogP contribution in [0.1, 0.15) is 6.92 Å². The number of piperazine rings is 1. The third-order valence-electron chi connectivity index (χ3n) is 3.26. The first-order valence-corrected chi connectivity index (χ1v) is 7.72. The average molecular weight is 269 g/mol. The van der Waals surface area contributed by atoms with E-state index in [1.54, 1.807) is 11.2 Å². The summed E-state index contributed by atoms with van der Waals surface area (Å²) in [6, 6.07) is 7.67. The molecule has 0 radical (unpaired) electrons. The molecular formula is C12H19N3O2S. The molecule has 1 aromatic carbocycles. The lowest BCUT2D eigenvalue weighted by molar-refractivity contribution is 0.385. The fourth-order valence-corrected chi connectivity index (χ4v) is 3.18. The molecular weight excluding hydrogens is 250 g/mol. The molecule has 0 saturated carbocycles. The summed E-state index contributed by atoms with van der Waals surface area (Å²) in [5.74, 6) is 0.175. The van der Waals surface area contributed by atoms with Crippen molar-refractivity contribution in [1.82, 2.24) is 4.31 Å². The molecule has 1 aromatic rings. The van der Waals surface area contributed by atoms with Crippen LogP contribution < -0.4 is 10.6 Å². The highest BCUT2D eigenvalue weighted by Gasteiger charge is 2.25. The highest BCUT2D eigenvalue weighted by molar-refractivity contribution is 7.89. The van der Waals surface area contributed by atoms with E-state index in [0.29, 0.717) is 13.1 Å². The van der Waals surface area contributed by atoms with Crippen molar-refractivity contribution in [3.63, 3.8) is 0 Å². The summed E-state index contributed by atoms with van der Waals surface area (Å²) in [5, 5.41) is 0. The highest BCUT2D eigenvalue weighted by Crippen LogP contribution is 2.19. The zero-order valence-corrected chi connectivity index (χ0v) is 11.4. The molecule has 18 heavy (non-hydrogen) atoms. The molecule has 0 spiro atoms. The van der Waals surface area contributed by atoms with Gasteiger partial charge in [0.25, 0.3) is 0 Å². The number of benzene rings is 1. The minimum atomic E-state index is -3.05. The number of anilines is 2. The fourth-order valence-electron chi connectivity index (χ4n) is 2.09. The van der Waals surface area contributed by atoms with Gasteiger partial charge in [-0.15, -0.1) is 0 Å². The van der Waals surface area contributed by atoms with Gasteiger partial charge in [-0.3, -0.25) is 0 Å². The zero-order chi connectivity index (χ0) is 13.2. The molecule has 0 unspecified atom stereocenters. The standard InChI is InChI=1S/C12H19N3O2S/c1-2-18(16,17)15-9-7-14(8-10-15)12-5-3-11(13)4-6-12/h3-6H,2,7-10,13H2,1H3. The van der Waals surface area contributed by atoms with Gasteiger partial charge in [-0.1, -0.05) is 0 Å². The van der Waals surface area contributed by atoms with Gasteiger partial charge < -0.3 is 10.6 Å². The molecule has 1 heterocycles. The summed E-state index contributed by atoms with van der Waals surface area (Å²) in [6.07, 6.45) is 0. The molecule has 2 rings (SSSR count). The monoisotopic (exact) mass is 269 g/mol. The number of hydrogen-bond donors (Lipinski definition) is 1. The van der Waals surface area contributed by atoms with Crippen molar-refractivity contribution in [1.29, 1.82) is 0 Å². The van der Waals surface area contributed by atoms with Gasteiger partial charge in [0.05, 0.1) is 5.75 Å². The van der Waals surface area contributed by atoms with Crippen LogP contribution in [0.5, 0.6) is 0 Å². The van der Waals surface area contributed by atoms with E-state index in [2.05, 4.69) is 4.90 Å². The van der Waals surface area contributed by atoms with E-state index in [4.69, 9.17) is 5.73 Å². The Morgan fingerprint density at radius 1 is 1.11 bits per heavy atom. The predicted molar refractivity (Wildman–Crippen MR) is 74.1 cm³/mol. The summed E-state index contributed by atoms with van der Waals surface area (Å²) < 4.78 is 25.0. The van der Waals surface area contributed by atoms with Crippen molar-refractivity contribution in [3.8, 4) is 0 Å². The lowest BCUT2D eigenvalue weighted by Gasteiger charge is -2.35. The molecule has 1 aliphatic heterocycles. The first-order valence-electron chi connectivity index (χ1n) is 6.11. The molecule has 1 fully saturated rings. The Morgan fingerprint density at radius 3 is 2.17 bits per heavy atom. The van der Waals surface area contributed by atoms with Gasteiger partial charge in [0, 0.05) is 37.6 Å². The van der Waals surface area contributed by atoms with Crippen LogP contribution in [0.15, 0.2) is 24.3 Å². The van der Waals surface area contributed by atoms with Crippen molar-refractivity contribution in [2.24, 2.45) is 0 Å². The predicted octanol–water partition coefficient (Wildman–Crippen LogP) is 0.740. The zero-order valence-electron chi connectivity index (χ0n) is 10.5. The second kappa shape index (κ2) is 5.16. The van der Waals surface area contributed by atoms with Crippen LogP contribution in [0.4, 0.5) is 11.4 Å². The van der Waals surface area contributed by atoms with Crippen molar-refractivity contribution in [2.75, 3.05) is 42.6 Å². The maximum Gasteiger partial charge on any atom is 0.213 e. The molecule has 0 aromatic heterocycles. The van der Waals surface area contributed by atoms with Crippen LogP contribution in [-0.4, -0.2) is 44.7 Å². The first kappa shape index (κ1) is 13.2. The Bertz CT molecular complexity index is 491. The lowest BCUT2D eigenvalue weighted by atomic mass is 10.2. The number of sulfonamides is 1. The summed E-state index contributed by atoms with van der Waals surface area (Å²) >= 11 is 0. The topological polar surface area (TPSA) is 66.6 Å². The SMILES string of the molecule is CCS(=O)(=O)N1CCN(c2ccc(N)cc2)CC1. The van der Waals surface area contributed by atoms with E-state index < -0.39 is 10.0 Å². The van der Waals surface area contributed by atoms with Gasteiger partial charge in [0.2, 0.25) is 10.0 Å². The van der Waals surface area contributed by atoms with E-state index in [1.807, 2.05) is 24.3 Å². The number of nitrogens with two attached hydrogens (primary N) is 1. The quantitative estimate of drug-likeness (QED) is 0.822. The molecule has 1 aliphatic rings. The molecule has 6 heteroatoms. The van der Waals surface area contributed by atoms with Crippen molar-refractivity contribution in [3.05, 3.63) is 24.3 Å². The minimum Gasteiger partial charge on any atom is -0.399 e. The van der Waals surface area contributed by atoms with Crippen LogP contribution in [0.3, 0.4) is 0 Å². The Labute approximate surface area is 108 Å². The third kappa shape index (κ3) is 2.76. The number of rotatable bonds is 3. The van der Waals surface area contributed by atoms with Gasteiger partial charge in [-0.25, -0.2) is 8.42 Å². The summed E-state index contributed by atoms with van der Waals surface area (Å²) in [6.45, 7) is 4.25. The molecule has 0 atom stereocenters. The minimum absolute atomic E-state index is 0.175. The van der Waals surface area contributed by atoms with Crippen molar-refractivity contribution in [2.45, 2.75) is 6.92 Å². The average Bonchev–Trinajstić information content (AvgIpc) is 2.40. The van der Waals surface area contributed by atoms with E-state index in [0.717, 1.165) is 24.5 Å². The van der Waals surface area contributed by atoms with Crippen LogP contribution in [-0.2, 0) is 10.0 Å². The Morgan fingerprint density at radius 2 is 1.67 bits per heavy atom. The maximum atomic E-state index is 11.7. The van der Waals surface area contributed by atoms with E-state index in [9.17, 15) is 8.42 Å². The lowest BCUT2D eigenvalue weighted by Crippen LogP contribution is -2.49. The van der Waals surface area contributed by atoms with Gasteiger partial charge in [-0.2, -0.15) is 4.31 Å². The van der Waals surface area contributed by atoms with Gasteiger partial charge in [0.1, 0.15) is 0 Å². The largest absolute Gasteiger partial charge is 0.399 e. The Balaban J connectivity index is 2.01. The summed E-state index contributed by atoms with van der Waals surface area (Å²) in [7, 11) is -3.05. The third-order valence-corrected chi connectivity index (χ3v) is 5.14. The fraction of sp³-hybridized carbons (Fsp3) is 0.500. The number of nitrogens with zero attached hydrogens (tertiary/aromatic N) is 2. The molecule has 2 N–H and O–H groups in total. The molecule has 100 valence electrons. The highest BCUT2D eigenvalue weighted by atomic mass is 32.2. The van der Waals surface area contributed by atoms with Gasteiger partial charge in [0.15, 0.2) is 0 Å². The van der Waals surface area contributed by atoms with E-state index in [1.165, 1.54) is 0 Å². The van der Waals surface area contributed by atoms with E-state index >= 15 is 0 Å². The summed E-state index contributed by atoms with van der Waals surface area (Å²) in [4.78, 5) is 2.18. The number of hydrogen-bond acceptors (Lipinski definition) is 4. The van der Waals surface area contributed by atoms with Gasteiger partial charge in [-0.05, 0) is 31.2 Å².